The average Bonchev–Trinajstić information content (AvgIpc) is 3.13. The Kier molecular flexibility index (Phi) is 3.71. The largest absolute Gasteiger partial charge is 0.306 e. The van der Waals surface area contributed by atoms with Crippen molar-refractivity contribution >= 4 is 43.5 Å². The first-order chi connectivity index (χ1) is 10.0. The Balaban J connectivity index is 2.02. The highest BCUT2D eigenvalue weighted by Gasteiger charge is 2.27. The summed E-state index contributed by atoms with van der Waals surface area (Å²) in [6.45, 7) is 1.79. The topological polar surface area (TPSA) is 102 Å². The fourth-order valence-corrected chi connectivity index (χ4v) is 5.00. The number of rotatable bonds is 5. The van der Waals surface area contributed by atoms with Gasteiger partial charge in [-0.15, -0.1) is 11.3 Å². The average molecular weight is 343 g/mol. The number of nitrogens with zero attached hydrogens (tertiary/aromatic N) is 2. The highest BCUT2D eigenvalue weighted by molar-refractivity contribution is 7.89. The molecule has 3 rings (SSSR count). The van der Waals surface area contributed by atoms with Crippen LogP contribution < -0.4 is 16.0 Å². The predicted molar refractivity (Wildman–Crippen MR) is 83.9 cm³/mol. The second-order valence-electron chi connectivity index (χ2n) is 4.37. The van der Waals surface area contributed by atoms with Crippen molar-refractivity contribution in [2.75, 3.05) is 5.43 Å². The van der Waals surface area contributed by atoms with E-state index in [1.54, 1.807) is 18.5 Å². The normalized spacial score (nSPS) is 13.6. The van der Waals surface area contributed by atoms with Crippen LogP contribution in [0.15, 0.2) is 33.4 Å². The van der Waals surface area contributed by atoms with Crippen molar-refractivity contribution in [3.05, 3.63) is 34.0 Å². The van der Waals surface area contributed by atoms with Crippen molar-refractivity contribution in [3.63, 3.8) is 0 Å². The summed E-state index contributed by atoms with van der Waals surface area (Å²) in [5.74, 6) is 5.52. The molecule has 0 aliphatic carbocycles. The summed E-state index contributed by atoms with van der Waals surface area (Å²) in [5, 5.41) is 5.60. The van der Waals surface area contributed by atoms with E-state index in [1.807, 2.05) is 16.8 Å². The van der Waals surface area contributed by atoms with Crippen molar-refractivity contribution < 1.29 is 8.42 Å². The van der Waals surface area contributed by atoms with Gasteiger partial charge in [0, 0.05) is 17.6 Å². The Morgan fingerprint density at radius 2 is 2.24 bits per heavy atom. The van der Waals surface area contributed by atoms with Gasteiger partial charge in [0.15, 0.2) is 10.8 Å². The zero-order valence-electron chi connectivity index (χ0n) is 11.0. The summed E-state index contributed by atoms with van der Waals surface area (Å²) in [6, 6.07) is 1.55. The van der Waals surface area contributed by atoms with Gasteiger partial charge in [-0.3, -0.25) is 4.40 Å². The molecule has 0 saturated carbocycles. The van der Waals surface area contributed by atoms with Crippen LogP contribution in [0.1, 0.15) is 18.5 Å². The minimum atomic E-state index is -3.76. The Bertz CT molecular complexity index is 850. The molecule has 3 aromatic heterocycles. The molecular formula is C11H13N5O2S3. The molecule has 112 valence electrons. The Morgan fingerprint density at radius 1 is 1.43 bits per heavy atom. The van der Waals surface area contributed by atoms with E-state index in [2.05, 4.69) is 15.1 Å². The third kappa shape index (κ3) is 2.56. The standard InChI is InChI=1S/C11H13N5O2S3/c1-7(8-2-4-19-6-8)15-21(17,18)10-9(14-12)13-11-16(10)3-5-20-11/h2-7,14-15H,12H2,1H3. The van der Waals surface area contributed by atoms with E-state index in [4.69, 9.17) is 5.84 Å². The Morgan fingerprint density at radius 3 is 2.90 bits per heavy atom. The highest BCUT2D eigenvalue weighted by atomic mass is 32.2. The molecule has 10 heteroatoms. The first-order valence-corrected chi connectivity index (χ1v) is 9.30. The first-order valence-electron chi connectivity index (χ1n) is 5.99. The van der Waals surface area contributed by atoms with E-state index in [0.29, 0.717) is 4.96 Å². The van der Waals surface area contributed by atoms with Crippen LogP contribution in [0.25, 0.3) is 4.96 Å². The molecule has 0 amide bonds. The molecular weight excluding hydrogens is 330 g/mol. The maximum absolute atomic E-state index is 12.6. The number of hydrogen-bond acceptors (Lipinski definition) is 7. The zero-order chi connectivity index (χ0) is 15.0. The van der Waals surface area contributed by atoms with Gasteiger partial charge in [0.25, 0.3) is 10.0 Å². The van der Waals surface area contributed by atoms with Crippen molar-refractivity contribution in [1.82, 2.24) is 14.1 Å². The SMILES string of the molecule is CC(NS(=O)(=O)c1c(NN)nc2sccn12)c1ccsc1. The highest BCUT2D eigenvalue weighted by Crippen LogP contribution is 2.26. The van der Waals surface area contributed by atoms with Gasteiger partial charge < -0.3 is 5.43 Å². The number of hydrazine groups is 1. The molecule has 3 aromatic rings. The Labute approximate surface area is 129 Å². The smallest absolute Gasteiger partial charge is 0.261 e. The molecule has 0 radical (unpaired) electrons. The molecule has 0 fully saturated rings. The molecule has 7 nitrogen and oxygen atoms in total. The van der Waals surface area contributed by atoms with Gasteiger partial charge in [-0.1, -0.05) is 0 Å². The summed E-state index contributed by atoms with van der Waals surface area (Å²) in [7, 11) is -3.76. The summed E-state index contributed by atoms with van der Waals surface area (Å²) in [6.07, 6.45) is 1.65. The second-order valence-corrected chi connectivity index (χ2v) is 7.65. The van der Waals surface area contributed by atoms with E-state index < -0.39 is 10.0 Å². The number of fused-ring (bicyclic) bond motifs is 1. The lowest BCUT2D eigenvalue weighted by molar-refractivity contribution is 0.563. The second kappa shape index (κ2) is 5.39. The maximum atomic E-state index is 12.6. The van der Waals surface area contributed by atoms with Crippen molar-refractivity contribution in [2.24, 2.45) is 5.84 Å². The molecule has 0 saturated heterocycles. The van der Waals surface area contributed by atoms with Gasteiger partial charge >= 0.3 is 0 Å². The van der Waals surface area contributed by atoms with E-state index in [9.17, 15) is 8.42 Å². The molecule has 4 N–H and O–H groups in total. The third-order valence-corrected chi connectivity index (χ3v) is 6.01. The lowest BCUT2D eigenvalue weighted by Crippen LogP contribution is -2.28. The van der Waals surface area contributed by atoms with Crippen LogP contribution in [0.3, 0.4) is 0 Å². The fraction of sp³-hybridized carbons (Fsp3) is 0.182. The van der Waals surface area contributed by atoms with Gasteiger partial charge in [-0.25, -0.2) is 19.0 Å². The maximum Gasteiger partial charge on any atom is 0.261 e. The van der Waals surface area contributed by atoms with Crippen molar-refractivity contribution in [3.8, 4) is 0 Å². The lowest BCUT2D eigenvalue weighted by atomic mass is 10.2. The number of hydrogen-bond donors (Lipinski definition) is 3. The number of imidazole rings is 1. The zero-order valence-corrected chi connectivity index (χ0v) is 13.4. The van der Waals surface area contributed by atoms with Crippen LogP contribution >= 0.6 is 22.7 Å². The van der Waals surface area contributed by atoms with Crippen LogP contribution in [-0.2, 0) is 10.0 Å². The van der Waals surface area contributed by atoms with Gasteiger partial charge in [0.2, 0.25) is 5.03 Å². The molecule has 0 bridgehead atoms. The molecule has 3 heterocycles. The van der Waals surface area contributed by atoms with Crippen molar-refractivity contribution in [1.29, 1.82) is 0 Å². The number of aromatic nitrogens is 2. The van der Waals surface area contributed by atoms with Crippen LogP contribution in [0.4, 0.5) is 5.82 Å². The molecule has 1 atom stereocenters. The van der Waals surface area contributed by atoms with Crippen molar-refractivity contribution in [2.45, 2.75) is 18.0 Å². The third-order valence-electron chi connectivity index (χ3n) is 2.98. The van der Waals surface area contributed by atoms with Gasteiger partial charge in [0.1, 0.15) is 0 Å². The van der Waals surface area contributed by atoms with Crippen LogP contribution in [0.5, 0.6) is 0 Å². The van der Waals surface area contributed by atoms with Gasteiger partial charge in [-0.05, 0) is 29.3 Å². The number of sulfonamides is 1. The van der Waals surface area contributed by atoms with Crippen LogP contribution in [0.2, 0.25) is 0 Å². The summed E-state index contributed by atoms with van der Waals surface area (Å²) in [4.78, 5) is 4.72. The lowest BCUT2D eigenvalue weighted by Gasteiger charge is -2.13. The van der Waals surface area contributed by atoms with E-state index in [0.717, 1.165) is 5.56 Å². The summed E-state index contributed by atoms with van der Waals surface area (Å²) >= 11 is 2.86. The molecule has 1 unspecified atom stereocenters. The molecule has 0 aromatic carbocycles. The fourth-order valence-electron chi connectivity index (χ4n) is 1.99. The molecule has 0 spiro atoms. The number of thiazole rings is 1. The van der Waals surface area contributed by atoms with Gasteiger partial charge in [0.05, 0.1) is 0 Å². The monoisotopic (exact) mass is 343 g/mol. The number of nitrogen functional groups attached to an aromatic ring is 1. The van der Waals surface area contributed by atoms with Crippen LogP contribution in [-0.4, -0.2) is 17.8 Å². The molecule has 0 aliphatic heterocycles. The minimum absolute atomic E-state index is 0.0170. The minimum Gasteiger partial charge on any atom is -0.306 e. The van der Waals surface area contributed by atoms with Crippen LogP contribution in [0, 0.1) is 0 Å². The number of thiophene rings is 1. The quantitative estimate of drug-likeness (QED) is 0.484. The first kappa shape index (κ1) is 14.5. The molecule has 21 heavy (non-hydrogen) atoms. The number of nitrogens with one attached hydrogen (secondary N) is 2. The number of anilines is 1. The predicted octanol–water partition coefficient (Wildman–Crippen LogP) is 1.78. The molecule has 0 aliphatic rings. The van der Waals surface area contributed by atoms with E-state index >= 15 is 0 Å². The van der Waals surface area contributed by atoms with E-state index in [-0.39, 0.29) is 16.9 Å². The van der Waals surface area contributed by atoms with E-state index in [1.165, 1.54) is 27.1 Å². The summed E-state index contributed by atoms with van der Waals surface area (Å²) in [5.41, 5.74) is 3.26. The summed E-state index contributed by atoms with van der Waals surface area (Å²) < 4.78 is 29.4. The van der Waals surface area contributed by atoms with Gasteiger partial charge in [-0.2, -0.15) is 16.3 Å². The Hall–Kier alpha value is -1.46. The number of nitrogens with two attached hydrogens (primary N) is 1.